The van der Waals surface area contributed by atoms with Crippen LogP contribution in [0.1, 0.15) is 74.9 Å². The number of carbonyl (C=O) groups excluding carboxylic acids is 4. The fourth-order valence-corrected chi connectivity index (χ4v) is 10.6. The number of carboxylic acid groups (broad SMARTS) is 1. The van der Waals surface area contributed by atoms with Gasteiger partial charge in [0.25, 0.3) is 31.9 Å². The van der Waals surface area contributed by atoms with E-state index < -0.39 is 74.1 Å². The molecule has 29 heteroatoms. The molecule has 0 fully saturated rings. The third kappa shape index (κ3) is 19.1. The number of alkyl halides is 3. The Hall–Kier alpha value is -10.9. The zero-order valence-corrected chi connectivity index (χ0v) is 52.2. The van der Waals surface area contributed by atoms with Crippen molar-refractivity contribution < 1.29 is 77.6 Å². The number of nitrogens with two attached hydrogens (primary N) is 1. The molecule has 93 heavy (non-hydrogen) atoms. The lowest BCUT2D eigenvalue weighted by Crippen LogP contribution is -2.38. The second-order valence-corrected chi connectivity index (χ2v) is 25.2. The molecule has 9 aromatic rings. The van der Waals surface area contributed by atoms with Gasteiger partial charge in [0.2, 0.25) is 17.6 Å². The minimum atomic E-state index is -4.71. The normalized spacial score (nSPS) is 11.5. The van der Waals surface area contributed by atoms with E-state index in [9.17, 15) is 59.1 Å². The molecular weight excluding hydrogens is 1250 g/mol. The van der Waals surface area contributed by atoms with Gasteiger partial charge in [0, 0.05) is 46.7 Å². The van der Waals surface area contributed by atoms with Crippen LogP contribution in [0.4, 0.5) is 36.6 Å². The number of methoxy groups -OCH3 is 1. The summed E-state index contributed by atoms with van der Waals surface area (Å²) in [6, 6.07) is 40.4. The number of anilines is 4. The molecule has 9 rings (SSSR count). The maximum atomic E-state index is 13.5. The van der Waals surface area contributed by atoms with Gasteiger partial charge in [-0.15, -0.1) is 0 Å². The Morgan fingerprint density at radius 1 is 0.602 bits per heavy atom. The molecule has 24 nitrogen and oxygen atoms in total. The summed E-state index contributed by atoms with van der Waals surface area (Å²) in [6.07, 6.45) is -5.28. The number of aryl methyl sites for hydroxylation is 2. The average molecular weight is 1320 g/mol. The highest BCUT2D eigenvalue weighted by molar-refractivity contribution is 7.93. The summed E-state index contributed by atoms with van der Waals surface area (Å²) >= 11 is 0. The van der Waals surface area contributed by atoms with Crippen molar-refractivity contribution in [2.75, 3.05) is 40.7 Å². The molecule has 0 aliphatic heterocycles. The second-order valence-electron chi connectivity index (χ2n) is 21.8. The molecule has 3 amide bonds. The zero-order chi connectivity index (χ0) is 67.4. The van der Waals surface area contributed by atoms with Crippen molar-refractivity contribution in [3.05, 3.63) is 208 Å². The predicted octanol–water partition coefficient (Wildman–Crippen LogP) is 10.2. The molecular formula is C64H61F3N10O14S2. The van der Waals surface area contributed by atoms with Crippen molar-refractivity contribution in [2.45, 2.75) is 75.7 Å². The van der Waals surface area contributed by atoms with Crippen LogP contribution in [0, 0.1) is 13.8 Å². The van der Waals surface area contributed by atoms with E-state index in [0.29, 0.717) is 27.9 Å². The first-order chi connectivity index (χ1) is 43.9. The lowest BCUT2D eigenvalue weighted by Gasteiger charge is -2.25. The number of nitrogens with one attached hydrogen (secondary N) is 3. The third-order valence-electron chi connectivity index (χ3n) is 13.3. The van der Waals surface area contributed by atoms with E-state index in [1.54, 1.807) is 118 Å². The molecule has 0 aliphatic carbocycles. The van der Waals surface area contributed by atoms with Gasteiger partial charge in [-0.2, -0.15) is 23.1 Å². The van der Waals surface area contributed by atoms with Gasteiger partial charge in [0.05, 0.1) is 28.9 Å². The highest BCUT2D eigenvalue weighted by Crippen LogP contribution is 2.35. The standard InChI is InChI=1S/C35H30F3N5O8S.C29H31N5O6S/c1-21-3-15-28(16-4-21)52(48,49)42-34-40-32(41-51-34)23-7-5-22(6-8-23)19-43(20-31(45)46)33(47)24-9-12-26(13-10-24)39-30(44)17-25-11-14-27(50-2)18-29(25)35(36,37)38;1-19-5-15-24(16-6-19)41(37,38)33-28-31-26(32-40-28)21-9-7-20(8-10-21)17-34(18-25(35)39-29(2,3)4)27(36)22-11-13-23(30)14-12-22/h3-16,18H,17,19-20H2,1-2H3,(H,39,44)(H,45,46)(H,40,41,42);5-16H,17-18,30H2,1-4H3,(H,31,32,33). The van der Waals surface area contributed by atoms with Crippen LogP contribution in [0.3, 0.4) is 0 Å². The van der Waals surface area contributed by atoms with Crippen LogP contribution in [-0.2, 0) is 64.9 Å². The number of sulfonamides is 2. The van der Waals surface area contributed by atoms with Crippen LogP contribution in [0.5, 0.6) is 5.75 Å². The quantitative estimate of drug-likeness (QED) is 0.0311. The number of aromatic nitrogens is 4. The first-order valence-corrected chi connectivity index (χ1v) is 30.9. The molecule has 2 heterocycles. The van der Waals surface area contributed by atoms with E-state index >= 15 is 0 Å². The van der Waals surface area contributed by atoms with E-state index in [-0.39, 0.29) is 81.6 Å². The molecule has 0 atom stereocenters. The summed E-state index contributed by atoms with van der Waals surface area (Å²) in [7, 11) is -6.65. The Bertz CT molecular complexity index is 4370. The monoisotopic (exact) mass is 1310 g/mol. The van der Waals surface area contributed by atoms with Crippen LogP contribution in [0.15, 0.2) is 183 Å². The number of aliphatic carboxylic acids is 1. The van der Waals surface area contributed by atoms with E-state index in [2.05, 4.69) is 35.0 Å². The van der Waals surface area contributed by atoms with Crippen LogP contribution < -0.4 is 25.2 Å². The van der Waals surface area contributed by atoms with Gasteiger partial charge < -0.3 is 44.5 Å². The molecule has 0 unspecified atom stereocenters. The summed E-state index contributed by atoms with van der Waals surface area (Å²) in [5.41, 5.74) is 9.08. The van der Waals surface area contributed by atoms with Gasteiger partial charge >= 0.3 is 30.1 Å². The number of esters is 1. The molecule has 0 saturated carbocycles. The number of ether oxygens (including phenoxy) is 2. The number of carbonyl (C=O) groups is 5. The van der Waals surface area contributed by atoms with Gasteiger partial charge in [-0.1, -0.05) is 100 Å². The predicted molar refractivity (Wildman–Crippen MR) is 334 cm³/mol. The Morgan fingerprint density at radius 3 is 1.46 bits per heavy atom. The van der Waals surface area contributed by atoms with Gasteiger partial charge in [0.15, 0.2) is 0 Å². The van der Waals surface area contributed by atoms with Gasteiger partial charge in [-0.05, 0) is 136 Å². The minimum Gasteiger partial charge on any atom is -0.497 e. The lowest BCUT2D eigenvalue weighted by molar-refractivity contribution is -0.155. The molecule has 0 saturated heterocycles. The van der Waals surface area contributed by atoms with Crippen molar-refractivity contribution in [3.8, 4) is 28.5 Å². The summed E-state index contributed by atoms with van der Waals surface area (Å²) in [6.45, 7) is 8.07. The van der Waals surface area contributed by atoms with E-state index in [1.165, 1.54) is 66.6 Å². The van der Waals surface area contributed by atoms with Crippen molar-refractivity contribution in [1.82, 2.24) is 30.1 Å². The first kappa shape index (κ1) is 68.0. The SMILES string of the molecule is COc1ccc(CC(=O)Nc2ccc(C(=O)N(CC(=O)O)Cc3ccc(-c4noc(NS(=O)(=O)c5ccc(C)cc5)n4)cc3)cc2)c(C(F)(F)F)c1.Cc1ccc(S(=O)(=O)Nc2nc(-c3ccc(CN(CC(=O)OC(C)(C)C)C(=O)c4ccc(N)cc4)cc3)no2)cc1. The highest BCUT2D eigenvalue weighted by atomic mass is 32.2. The molecule has 0 aliphatic rings. The van der Waals surface area contributed by atoms with E-state index in [0.717, 1.165) is 33.7 Å². The van der Waals surface area contributed by atoms with Gasteiger partial charge in [-0.25, -0.2) is 26.3 Å². The Morgan fingerprint density at radius 2 is 1.04 bits per heavy atom. The van der Waals surface area contributed by atoms with E-state index in [1.807, 2.05) is 13.8 Å². The fraction of sp³-hybridized carbons (Fsp3) is 0.203. The minimum absolute atomic E-state index is 0.00707. The summed E-state index contributed by atoms with van der Waals surface area (Å²) in [5.74, 6) is -3.29. The first-order valence-electron chi connectivity index (χ1n) is 28.0. The smallest absolute Gasteiger partial charge is 0.416 e. The second kappa shape index (κ2) is 28.9. The van der Waals surface area contributed by atoms with Crippen LogP contribution in [0.25, 0.3) is 22.8 Å². The third-order valence-corrected chi connectivity index (χ3v) is 16.0. The van der Waals surface area contributed by atoms with Gasteiger partial charge in [0.1, 0.15) is 24.4 Å². The molecule has 0 spiro atoms. The topological polar surface area (TPSA) is 339 Å². The number of benzene rings is 7. The Labute approximate surface area is 531 Å². The van der Waals surface area contributed by atoms with Crippen molar-refractivity contribution in [2.24, 2.45) is 0 Å². The van der Waals surface area contributed by atoms with E-state index in [4.69, 9.17) is 24.3 Å². The number of hydrogen-bond acceptors (Lipinski definition) is 18. The maximum Gasteiger partial charge on any atom is 0.416 e. The van der Waals surface area contributed by atoms with Crippen LogP contribution in [-0.4, -0.2) is 107 Å². The summed E-state index contributed by atoms with van der Waals surface area (Å²) in [4.78, 5) is 74.2. The fourth-order valence-electron chi connectivity index (χ4n) is 8.76. The number of carboxylic acids is 1. The van der Waals surface area contributed by atoms with Crippen LogP contribution in [0.2, 0.25) is 0 Å². The molecule has 0 radical (unpaired) electrons. The largest absolute Gasteiger partial charge is 0.497 e. The molecule has 7 aromatic carbocycles. The number of nitrogen functional groups attached to an aromatic ring is 1. The van der Waals surface area contributed by atoms with Crippen LogP contribution >= 0.6 is 0 Å². The lowest BCUT2D eigenvalue weighted by atomic mass is 10.0. The maximum absolute atomic E-state index is 13.5. The molecule has 2 aromatic heterocycles. The zero-order valence-electron chi connectivity index (χ0n) is 50.6. The number of rotatable bonds is 22. The summed E-state index contributed by atoms with van der Waals surface area (Å²) in [5, 5.41) is 19.7. The van der Waals surface area contributed by atoms with Crippen molar-refractivity contribution in [3.63, 3.8) is 0 Å². The summed E-state index contributed by atoms with van der Waals surface area (Å²) < 4.78 is 116. The molecule has 6 N–H and O–H groups in total. The average Bonchev–Trinajstić information content (AvgIpc) is 1.83. The van der Waals surface area contributed by atoms with Crippen molar-refractivity contribution in [1.29, 1.82) is 0 Å². The molecule has 484 valence electrons. The molecule has 0 bridgehead atoms. The number of nitrogens with zero attached hydrogens (tertiary/aromatic N) is 6. The number of hydrogen-bond donors (Lipinski definition) is 5. The number of halogens is 3. The van der Waals surface area contributed by atoms with Crippen molar-refractivity contribution >= 4 is 73.1 Å². The Balaban J connectivity index is 0.000000246. The highest BCUT2D eigenvalue weighted by Gasteiger charge is 2.34. The van der Waals surface area contributed by atoms with Gasteiger partial charge in [-0.3, -0.25) is 24.0 Å². The number of amides is 3. The Kier molecular flexibility index (Phi) is 21.1.